The molecular formula is C14H24N4OS. The molecule has 1 heterocycles. The number of carbonyl (C=O) groups excluding carboxylic acids is 1. The van der Waals surface area contributed by atoms with Crippen LogP contribution in [0.4, 0.5) is 10.6 Å². The number of hydrogen-bond acceptors (Lipinski definition) is 3. The minimum absolute atomic E-state index is 0.143. The SMILES string of the molecule is CSCCCNC(=O)Nc1cc(C)nn1C(C)C1CC1. The van der Waals surface area contributed by atoms with Gasteiger partial charge in [0.25, 0.3) is 0 Å². The van der Waals surface area contributed by atoms with Gasteiger partial charge in [-0.1, -0.05) is 0 Å². The van der Waals surface area contributed by atoms with E-state index in [4.69, 9.17) is 0 Å². The number of urea groups is 1. The number of aromatic nitrogens is 2. The first-order valence-corrected chi connectivity index (χ1v) is 8.61. The van der Waals surface area contributed by atoms with Crippen molar-refractivity contribution in [1.29, 1.82) is 0 Å². The fourth-order valence-corrected chi connectivity index (χ4v) is 2.71. The number of anilines is 1. The summed E-state index contributed by atoms with van der Waals surface area (Å²) in [6.07, 6.45) is 5.59. The summed E-state index contributed by atoms with van der Waals surface area (Å²) in [4.78, 5) is 11.9. The normalized spacial score (nSPS) is 15.9. The van der Waals surface area contributed by atoms with E-state index in [1.54, 1.807) is 11.8 Å². The van der Waals surface area contributed by atoms with E-state index >= 15 is 0 Å². The molecule has 1 atom stereocenters. The molecule has 112 valence electrons. The molecule has 5 nitrogen and oxygen atoms in total. The van der Waals surface area contributed by atoms with Crippen molar-refractivity contribution < 1.29 is 4.79 Å². The lowest BCUT2D eigenvalue weighted by Crippen LogP contribution is -2.31. The number of aryl methyl sites for hydroxylation is 1. The Bertz CT molecular complexity index is 456. The predicted octanol–water partition coefficient (Wildman–Crippen LogP) is 3.04. The molecule has 1 fully saturated rings. The van der Waals surface area contributed by atoms with Gasteiger partial charge in [0.2, 0.25) is 0 Å². The number of nitrogens with one attached hydrogen (secondary N) is 2. The second-order valence-corrected chi connectivity index (χ2v) is 6.41. The van der Waals surface area contributed by atoms with Crippen LogP contribution in [0.15, 0.2) is 6.07 Å². The number of carbonyl (C=O) groups is 1. The molecule has 20 heavy (non-hydrogen) atoms. The molecule has 0 aliphatic heterocycles. The van der Waals surface area contributed by atoms with E-state index in [-0.39, 0.29) is 6.03 Å². The number of hydrogen-bond donors (Lipinski definition) is 2. The first-order chi connectivity index (χ1) is 9.61. The summed E-state index contributed by atoms with van der Waals surface area (Å²) in [5.41, 5.74) is 0.940. The third-order valence-corrected chi connectivity index (χ3v) is 4.30. The topological polar surface area (TPSA) is 59.0 Å². The van der Waals surface area contributed by atoms with Crippen LogP contribution >= 0.6 is 11.8 Å². The Labute approximate surface area is 124 Å². The van der Waals surface area contributed by atoms with Crippen LogP contribution in [0, 0.1) is 12.8 Å². The molecule has 1 unspecified atom stereocenters. The highest BCUT2D eigenvalue weighted by Crippen LogP contribution is 2.40. The van der Waals surface area contributed by atoms with E-state index < -0.39 is 0 Å². The third-order valence-electron chi connectivity index (χ3n) is 3.60. The molecule has 1 aliphatic carbocycles. The monoisotopic (exact) mass is 296 g/mol. The smallest absolute Gasteiger partial charge is 0.320 e. The van der Waals surface area contributed by atoms with Crippen LogP contribution < -0.4 is 10.6 Å². The zero-order valence-corrected chi connectivity index (χ0v) is 13.3. The van der Waals surface area contributed by atoms with Crippen molar-refractivity contribution in [2.24, 2.45) is 5.92 Å². The van der Waals surface area contributed by atoms with Gasteiger partial charge < -0.3 is 5.32 Å². The van der Waals surface area contributed by atoms with Gasteiger partial charge in [0.15, 0.2) is 0 Å². The summed E-state index contributed by atoms with van der Waals surface area (Å²) < 4.78 is 1.95. The standard InChI is InChI=1S/C14H24N4OS/c1-10-9-13(16-14(19)15-7-4-8-20-3)18(17-10)11(2)12-5-6-12/h9,11-12H,4-8H2,1-3H3,(H2,15,16,19). The van der Waals surface area contributed by atoms with Crippen molar-refractivity contribution in [3.05, 3.63) is 11.8 Å². The lowest BCUT2D eigenvalue weighted by molar-refractivity contribution is 0.252. The average Bonchev–Trinajstić information content (AvgIpc) is 3.19. The van der Waals surface area contributed by atoms with Gasteiger partial charge in [-0.05, 0) is 51.0 Å². The van der Waals surface area contributed by atoms with E-state index in [9.17, 15) is 4.79 Å². The summed E-state index contributed by atoms with van der Waals surface area (Å²) in [5, 5.41) is 10.3. The molecule has 0 saturated heterocycles. The quantitative estimate of drug-likeness (QED) is 0.760. The van der Waals surface area contributed by atoms with Crippen molar-refractivity contribution in [2.45, 2.75) is 39.2 Å². The second-order valence-electron chi connectivity index (χ2n) is 5.42. The highest BCUT2D eigenvalue weighted by Gasteiger charge is 2.31. The highest BCUT2D eigenvalue weighted by molar-refractivity contribution is 7.98. The summed E-state index contributed by atoms with van der Waals surface area (Å²) in [7, 11) is 0. The van der Waals surface area contributed by atoms with E-state index in [1.807, 2.05) is 17.7 Å². The largest absolute Gasteiger partial charge is 0.338 e. The highest BCUT2D eigenvalue weighted by atomic mass is 32.2. The molecule has 0 aromatic carbocycles. The van der Waals surface area contributed by atoms with Gasteiger partial charge in [-0.2, -0.15) is 16.9 Å². The lowest BCUT2D eigenvalue weighted by atomic mass is 10.2. The molecule has 0 bridgehead atoms. The number of amides is 2. The Morgan fingerprint density at radius 2 is 2.35 bits per heavy atom. The maximum absolute atomic E-state index is 11.9. The molecule has 2 N–H and O–H groups in total. The second kappa shape index (κ2) is 7.02. The van der Waals surface area contributed by atoms with Crippen molar-refractivity contribution in [2.75, 3.05) is 23.9 Å². The van der Waals surface area contributed by atoms with Crippen LogP contribution in [0.25, 0.3) is 0 Å². The van der Waals surface area contributed by atoms with E-state index in [1.165, 1.54) is 12.8 Å². The molecule has 1 aromatic heterocycles. The summed E-state index contributed by atoms with van der Waals surface area (Å²) in [6, 6.07) is 2.14. The molecular weight excluding hydrogens is 272 g/mol. The molecule has 6 heteroatoms. The molecule has 1 saturated carbocycles. The van der Waals surface area contributed by atoms with Gasteiger partial charge in [-0.15, -0.1) is 0 Å². The van der Waals surface area contributed by atoms with Gasteiger partial charge in [-0.25, -0.2) is 9.48 Å². The van der Waals surface area contributed by atoms with Gasteiger partial charge in [-0.3, -0.25) is 5.32 Å². The number of rotatable bonds is 7. The van der Waals surface area contributed by atoms with Crippen LogP contribution in [0.2, 0.25) is 0 Å². The molecule has 1 aromatic rings. The zero-order chi connectivity index (χ0) is 14.5. The summed E-state index contributed by atoms with van der Waals surface area (Å²) in [6.45, 7) is 4.83. The lowest BCUT2D eigenvalue weighted by Gasteiger charge is -2.15. The Hall–Kier alpha value is -1.17. The predicted molar refractivity (Wildman–Crippen MR) is 84.4 cm³/mol. The van der Waals surface area contributed by atoms with E-state index in [0.29, 0.717) is 18.5 Å². The molecule has 0 radical (unpaired) electrons. The van der Waals surface area contributed by atoms with Gasteiger partial charge >= 0.3 is 6.03 Å². The fraction of sp³-hybridized carbons (Fsp3) is 0.714. The first-order valence-electron chi connectivity index (χ1n) is 7.21. The molecule has 2 rings (SSSR count). The number of nitrogens with zero attached hydrogens (tertiary/aromatic N) is 2. The molecule has 1 aliphatic rings. The third kappa shape index (κ3) is 4.16. The van der Waals surface area contributed by atoms with E-state index in [2.05, 4.69) is 28.9 Å². The van der Waals surface area contributed by atoms with Crippen LogP contribution in [0.1, 0.15) is 37.9 Å². The average molecular weight is 296 g/mol. The van der Waals surface area contributed by atoms with Gasteiger partial charge in [0, 0.05) is 12.6 Å². The maximum atomic E-state index is 11.9. The Morgan fingerprint density at radius 1 is 1.60 bits per heavy atom. The van der Waals surface area contributed by atoms with Gasteiger partial charge in [0.1, 0.15) is 5.82 Å². The van der Waals surface area contributed by atoms with Crippen LogP contribution in [0.3, 0.4) is 0 Å². The van der Waals surface area contributed by atoms with Crippen molar-refractivity contribution in [1.82, 2.24) is 15.1 Å². The summed E-state index contributed by atoms with van der Waals surface area (Å²) in [5.74, 6) is 2.57. The first kappa shape index (κ1) is 15.2. The van der Waals surface area contributed by atoms with Gasteiger partial charge in [0.05, 0.1) is 11.7 Å². The minimum Gasteiger partial charge on any atom is -0.338 e. The maximum Gasteiger partial charge on any atom is 0.320 e. The van der Waals surface area contributed by atoms with Crippen molar-refractivity contribution in [3.63, 3.8) is 0 Å². The van der Waals surface area contributed by atoms with Crippen LogP contribution in [0.5, 0.6) is 0 Å². The van der Waals surface area contributed by atoms with Crippen LogP contribution in [-0.4, -0.2) is 34.4 Å². The zero-order valence-electron chi connectivity index (χ0n) is 12.5. The Balaban J connectivity index is 1.89. The number of thioether (sulfide) groups is 1. The molecule has 2 amide bonds. The van der Waals surface area contributed by atoms with Crippen molar-refractivity contribution >= 4 is 23.6 Å². The minimum atomic E-state index is -0.143. The fourth-order valence-electron chi connectivity index (χ4n) is 2.28. The molecule has 0 spiro atoms. The summed E-state index contributed by atoms with van der Waals surface area (Å²) >= 11 is 1.79. The Kier molecular flexibility index (Phi) is 5.34. The van der Waals surface area contributed by atoms with Crippen molar-refractivity contribution in [3.8, 4) is 0 Å². The van der Waals surface area contributed by atoms with E-state index in [0.717, 1.165) is 23.7 Å². The Morgan fingerprint density at radius 3 is 3.00 bits per heavy atom. The van der Waals surface area contributed by atoms with Crippen LogP contribution in [-0.2, 0) is 0 Å².